The Morgan fingerprint density at radius 3 is 2.50 bits per heavy atom. The number of nitrogens with zero attached hydrogens (tertiary/aromatic N) is 4. The Balaban J connectivity index is 1.50. The number of aromatic nitrogens is 3. The number of hydrogen-bond acceptors (Lipinski definition) is 7. The van der Waals surface area contributed by atoms with Crippen LogP contribution in [0.15, 0.2) is 77.0 Å². The Morgan fingerprint density at radius 1 is 1.06 bits per heavy atom. The highest BCUT2D eigenvalue weighted by Gasteiger charge is 2.17. The van der Waals surface area contributed by atoms with Crippen LogP contribution in [0.4, 0.5) is 0 Å². The lowest BCUT2D eigenvalue weighted by atomic mass is 10.1. The molecule has 10 heteroatoms. The third-order valence-electron chi connectivity index (χ3n) is 4.76. The third-order valence-corrected chi connectivity index (χ3v) is 5.94. The van der Waals surface area contributed by atoms with Gasteiger partial charge >= 0.3 is 0 Å². The Hall–Kier alpha value is -3.82. The molecule has 8 nitrogen and oxygen atoms in total. The van der Waals surface area contributed by atoms with Crippen LogP contribution in [0, 0.1) is 6.92 Å². The van der Waals surface area contributed by atoms with E-state index in [1.807, 2.05) is 47.9 Å². The largest absolute Gasteiger partial charge is 0.504 e. The van der Waals surface area contributed by atoms with E-state index in [9.17, 15) is 15.0 Å². The number of phenols is 2. The van der Waals surface area contributed by atoms with Gasteiger partial charge in [0, 0.05) is 16.3 Å². The number of amides is 1. The van der Waals surface area contributed by atoms with E-state index in [2.05, 4.69) is 20.7 Å². The van der Waals surface area contributed by atoms with Gasteiger partial charge in [-0.3, -0.25) is 9.36 Å². The molecule has 34 heavy (non-hydrogen) atoms. The Morgan fingerprint density at radius 2 is 1.79 bits per heavy atom. The number of carbonyl (C=O) groups is 1. The second-order valence-corrected chi connectivity index (χ2v) is 8.69. The molecule has 1 amide bonds. The average Bonchev–Trinajstić information content (AvgIpc) is 3.25. The number of phenolic OH excluding ortho intramolecular Hbond substituents is 2. The van der Waals surface area contributed by atoms with Gasteiger partial charge in [0.15, 0.2) is 22.5 Å². The van der Waals surface area contributed by atoms with Gasteiger partial charge in [0.05, 0.1) is 12.0 Å². The summed E-state index contributed by atoms with van der Waals surface area (Å²) in [6, 6.07) is 19.5. The van der Waals surface area contributed by atoms with E-state index in [0.29, 0.717) is 21.6 Å². The van der Waals surface area contributed by atoms with Crippen LogP contribution in [0.25, 0.3) is 17.1 Å². The topological polar surface area (TPSA) is 113 Å². The number of nitrogens with one attached hydrogen (secondary N) is 1. The van der Waals surface area contributed by atoms with Gasteiger partial charge in [-0.25, -0.2) is 5.43 Å². The summed E-state index contributed by atoms with van der Waals surface area (Å²) in [4.78, 5) is 12.3. The highest BCUT2D eigenvalue weighted by Crippen LogP contribution is 2.29. The van der Waals surface area contributed by atoms with E-state index in [0.717, 1.165) is 16.8 Å². The molecule has 172 valence electrons. The van der Waals surface area contributed by atoms with E-state index in [1.54, 1.807) is 18.2 Å². The van der Waals surface area contributed by atoms with Crippen molar-refractivity contribution in [1.29, 1.82) is 0 Å². The monoisotopic (exact) mass is 493 g/mol. The molecule has 0 aliphatic rings. The van der Waals surface area contributed by atoms with Crippen LogP contribution in [-0.2, 0) is 4.79 Å². The third kappa shape index (κ3) is 5.56. The van der Waals surface area contributed by atoms with Gasteiger partial charge in [0.2, 0.25) is 0 Å². The van der Waals surface area contributed by atoms with Gasteiger partial charge in [-0.2, -0.15) is 5.10 Å². The second kappa shape index (κ2) is 10.4. The number of thioether (sulfide) groups is 1. The van der Waals surface area contributed by atoms with Crippen LogP contribution in [0.5, 0.6) is 11.5 Å². The van der Waals surface area contributed by atoms with Gasteiger partial charge in [0.1, 0.15) is 0 Å². The lowest BCUT2D eigenvalue weighted by Crippen LogP contribution is -2.20. The maximum atomic E-state index is 12.3. The zero-order chi connectivity index (χ0) is 24.1. The number of hydrazone groups is 1. The SMILES string of the molecule is Cc1ccc(-c2nnc(SCC(=O)N/N=C/c3ccc(O)c(O)c3)n2-c2ccc(Cl)cc2)cc1. The smallest absolute Gasteiger partial charge is 0.250 e. The molecule has 3 N–H and O–H groups in total. The van der Waals surface area contributed by atoms with Crippen LogP contribution in [0.2, 0.25) is 5.02 Å². The summed E-state index contributed by atoms with van der Waals surface area (Å²) < 4.78 is 1.88. The summed E-state index contributed by atoms with van der Waals surface area (Å²) in [5.41, 5.74) is 5.81. The van der Waals surface area contributed by atoms with Gasteiger partial charge < -0.3 is 10.2 Å². The summed E-state index contributed by atoms with van der Waals surface area (Å²) in [5.74, 6) is -0.135. The standard InChI is InChI=1S/C24H20ClN5O3S/c1-15-2-5-17(6-3-15)23-28-29-24(30(23)19-9-7-18(25)8-10-19)34-14-22(33)27-26-13-16-4-11-20(31)21(32)12-16/h2-13,31-32H,14H2,1H3,(H,27,33)/b26-13+. The maximum Gasteiger partial charge on any atom is 0.250 e. The van der Waals surface area contributed by atoms with Crippen molar-refractivity contribution >= 4 is 35.5 Å². The average molecular weight is 494 g/mol. The van der Waals surface area contributed by atoms with Crippen molar-refractivity contribution in [2.75, 3.05) is 5.75 Å². The molecule has 0 bridgehead atoms. The molecule has 1 aromatic heterocycles. The van der Waals surface area contributed by atoms with E-state index in [4.69, 9.17) is 11.6 Å². The van der Waals surface area contributed by atoms with Crippen LogP contribution in [-0.4, -0.2) is 42.9 Å². The molecule has 0 saturated carbocycles. The minimum absolute atomic E-state index is 0.0534. The summed E-state index contributed by atoms with van der Waals surface area (Å²) in [6.45, 7) is 2.01. The number of benzene rings is 3. The van der Waals surface area contributed by atoms with Crippen molar-refractivity contribution in [3.05, 3.63) is 82.9 Å². The van der Waals surface area contributed by atoms with E-state index < -0.39 is 0 Å². The predicted octanol–water partition coefficient (Wildman–Crippen LogP) is 4.55. The molecule has 3 aromatic carbocycles. The van der Waals surface area contributed by atoms with E-state index >= 15 is 0 Å². The second-order valence-electron chi connectivity index (χ2n) is 7.31. The molecule has 1 heterocycles. The first-order chi connectivity index (χ1) is 16.4. The lowest BCUT2D eigenvalue weighted by molar-refractivity contribution is -0.118. The number of carbonyl (C=O) groups excluding carboxylic acids is 1. The molecule has 0 radical (unpaired) electrons. The Labute approximate surface area is 204 Å². The zero-order valence-electron chi connectivity index (χ0n) is 18.0. The van der Waals surface area contributed by atoms with Crippen molar-refractivity contribution < 1.29 is 15.0 Å². The quantitative estimate of drug-likeness (QED) is 0.151. The van der Waals surface area contributed by atoms with Crippen molar-refractivity contribution in [1.82, 2.24) is 20.2 Å². The molecular formula is C24H20ClN5O3S. The van der Waals surface area contributed by atoms with E-state index in [-0.39, 0.29) is 23.2 Å². The van der Waals surface area contributed by atoms with Crippen molar-refractivity contribution in [3.63, 3.8) is 0 Å². The normalized spacial score (nSPS) is 11.1. The first-order valence-electron chi connectivity index (χ1n) is 10.2. The van der Waals surface area contributed by atoms with Crippen molar-refractivity contribution in [2.24, 2.45) is 5.10 Å². The summed E-state index contributed by atoms with van der Waals surface area (Å²) in [5, 5.41) is 32.6. The molecular weight excluding hydrogens is 474 g/mol. The van der Waals surface area contributed by atoms with E-state index in [1.165, 1.54) is 30.1 Å². The molecule has 0 atom stereocenters. The summed E-state index contributed by atoms with van der Waals surface area (Å²) in [6.07, 6.45) is 1.37. The fourth-order valence-corrected chi connectivity index (χ4v) is 3.91. The van der Waals surface area contributed by atoms with Gasteiger partial charge in [0.25, 0.3) is 5.91 Å². The highest BCUT2D eigenvalue weighted by atomic mass is 35.5. The van der Waals surface area contributed by atoms with Gasteiger partial charge in [-0.15, -0.1) is 10.2 Å². The van der Waals surface area contributed by atoms with Crippen LogP contribution < -0.4 is 5.43 Å². The molecule has 0 spiro atoms. The molecule has 0 aliphatic heterocycles. The molecule has 0 unspecified atom stereocenters. The Bertz CT molecular complexity index is 1340. The number of aryl methyl sites for hydroxylation is 1. The molecule has 0 fully saturated rings. The van der Waals surface area contributed by atoms with Crippen molar-refractivity contribution in [3.8, 4) is 28.6 Å². The zero-order valence-corrected chi connectivity index (χ0v) is 19.6. The predicted molar refractivity (Wildman–Crippen MR) is 133 cm³/mol. The van der Waals surface area contributed by atoms with Crippen molar-refractivity contribution in [2.45, 2.75) is 12.1 Å². The van der Waals surface area contributed by atoms with Gasteiger partial charge in [-0.1, -0.05) is 53.2 Å². The molecule has 0 aliphatic carbocycles. The lowest BCUT2D eigenvalue weighted by Gasteiger charge is -2.10. The summed E-state index contributed by atoms with van der Waals surface area (Å²) in [7, 11) is 0. The minimum atomic E-state index is -0.341. The molecule has 4 aromatic rings. The maximum absolute atomic E-state index is 12.3. The highest BCUT2D eigenvalue weighted by molar-refractivity contribution is 7.99. The molecule has 4 rings (SSSR count). The first-order valence-corrected chi connectivity index (χ1v) is 11.5. The van der Waals surface area contributed by atoms with Crippen LogP contribution in [0.3, 0.4) is 0 Å². The number of aromatic hydroxyl groups is 2. The number of halogens is 1. The molecule has 0 saturated heterocycles. The minimum Gasteiger partial charge on any atom is -0.504 e. The fraction of sp³-hybridized carbons (Fsp3) is 0.0833. The van der Waals surface area contributed by atoms with Gasteiger partial charge in [-0.05, 0) is 55.0 Å². The number of hydrogen-bond donors (Lipinski definition) is 3. The fourth-order valence-electron chi connectivity index (χ4n) is 3.04. The van der Waals surface area contributed by atoms with Crippen LogP contribution in [0.1, 0.15) is 11.1 Å². The van der Waals surface area contributed by atoms with Crippen LogP contribution >= 0.6 is 23.4 Å². The summed E-state index contributed by atoms with van der Waals surface area (Å²) >= 11 is 7.28. The number of rotatable bonds is 7. The Kier molecular flexibility index (Phi) is 7.15. The first kappa shape index (κ1) is 23.3.